The molecule has 4 N–H and O–H groups in total. The molecule has 1 aliphatic rings. The van der Waals surface area contributed by atoms with Crippen LogP contribution < -0.4 is 22.1 Å². The average Bonchev–Trinajstić information content (AvgIpc) is 3.03. The number of piperidine rings is 1. The van der Waals surface area contributed by atoms with Gasteiger partial charge in [0.2, 0.25) is 0 Å². The lowest BCUT2D eigenvalue weighted by atomic mass is 10.00. The second kappa shape index (κ2) is 9.13. The van der Waals surface area contributed by atoms with E-state index in [0.717, 1.165) is 31.7 Å². The van der Waals surface area contributed by atoms with Gasteiger partial charge in [0.1, 0.15) is 17.5 Å². The minimum atomic E-state index is -0.449. The molecular formula is C25H34FN7O. The molecule has 0 amide bonds. The van der Waals surface area contributed by atoms with Crippen LogP contribution in [-0.2, 0) is 7.05 Å². The average molecular weight is 468 g/mol. The van der Waals surface area contributed by atoms with Crippen molar-refractivity contribution in [2.75, 3.05) is 43.6 Å². The number of halogens is 1. The highest BCUT2D eigenvalue weighted by molar-refractivity contribution is 5.85. The zero-order valence-electron chi connectivity index (χ0n) is 20.5. The molecule has 1 aliphatic heterocycles. The summed E-state index contributed by atoms with van der Waals surface area (Å²) in [5, 5.41) is 0. The van der Waals surface area contributed by atoms with Gasteiger partial charge < -0.3 is 21.3 Å². The Kier molecular flexibility index (Phi) is 6.40. The van der Waals surface area contributed by atoms with Crippen molar-refractivity contribution in [3.05, 3.63) is 46.8 Å². The maximum absolute atomic E-state index is 15.0. The van der Waals surface area contributed by atoms with Crippen molar-refractivity contribution in [1.29, 1.82) is 0 Å². The zero-order valence-corrected chi connectivity index (χ0v) is 20.5. The summed E-state index contributed by atoms with van der Waals surface area (Å²) in [4.78, 5) is 21.9. The number of anilines is 3. The summed E-state index contributed by atoms with van der Waals surface area (Å²) >= 11 is 0. The highest BCUT2D eigenvalue weighted by Gasteiger charge is 2.24. The molecule has 0 radical (unpaired) electrons. The van der Waals surface area contributed by atoms with Crippen LogP contribution in [0.4, 0.5) is 21.7 Å². The number of hydrogen-bond acceptors (Lipinski definition) is 6. The van der Waals surface area contributed by atoms with E-state index in [2.05, 4.69) is 28.9 Å². The van der Waals surface area contributed by atoms with Crippen LogP contribution >= 0.6 is 0 Å². The van der Waals surface area contributed by atoms with Crippen LogP contribution in [0.3, 0.4) is 0 Å². The minimum Gasteiger partial charge on any atom is -0.398 e. The van der Waals surface area contributed by atoms with Gasteiger partial charge in [-0.05, 0) is 65.0 Å². The fraction of sp³-hybridized carbons (Fsp3) is 0.440. The number of nitrogens with zero attached hydrogens (tertiary/aromatic N) is 5. The summed E-state index contributed by atoms with van der Waals surface area (Å²) in [5.41, 5.74) is 14.5. The smallest absolute Gasteiger partial charge is 0.330 e. The van der Waals surface area contributed by atoms with E-state index in [0.29, 0.717) is 28.4 Å². The first-order valence-corrected chi connectivity index (χ1v) is 11.6. The molecule has 1 fully saturated rings. The second-order valence-corrected chi connectivity index (χ2v) is 9.55. The van der Waals surface area contributed by atoms with E-state index < -0.39 is 5.82 Å². The Morgan fingerprint density at radius 2 is 1.79 bits per heavy atom. The highest BCUT2D eigenvalue weighted by atomic mass is 19.1. The van der Waals surface area contributed by atoms with Gasteiger partial charge in [-0.3, -0.25) is 9.13 Å². The third kappa shape index (κ3) is 4.16. The molecule has 34 heavy (non-hydrogen) atoms. The van der Waals surface area contributed by atoms with E-state index in [4.69, 9.17) is 11.5 Å². The van der Waals surface area contributed by atoms with Crippen LogP contribution in [0.2, 0.25) is 0 Å². The van der Waals surface area contributed by atoms with Gasteiger partial charge in [-0.25, -0.2) is 14.2 Å². The topological polar surface area (TPSA) is 98.3 Å². The predicted molar refractivity (Wildman–Crippen MR) is 136 cm³/mol. The molecule has 0 spiro atoms. The van der Waals surface area contributed by atoms with E-state index in [9.17, 15) is 4.79 Å². The minimum absolute atomic E-state index is 0.142. The number of nitrogen functional groups attached to an aromatic ring is 2. The van der Waals surface area contributed by atoms with Crippen molar-refractivity contribution >= 4 is 17.3 Å². The molecule has 1 aromatic carbocycles. The molecule has 0 atom stereocenters. The molecule has 4 rings (SSSR count). The fourth-order valence-electron chi connectivity index (χ4n) is 4.75. The normalized spacial score (nSPS) is 15.0. The number of imidazole rings is 1. The van der Waals surface area contributed by atoms with E-state index in [1.165, 1.54) is 10.6 Å². The van der Waals surface area contributed by atoms with Gasteiger partial charge in [-0.15, -0.1) is 0 Å². The van der Waals surface area contributed by atoms with Crippen molar-refractivity contribution in [1.82, 2.24) is 19.0 Å². The summed E-state index contributed by atoms with van der Waals surface area (Å²) in [6.45, 7) is 5.68. The Balaban J connectivity index is 1.69. The maximum Gasteiger partial charge on any atom is 0.330 e. The van der Waals surface area contributed by atoms with E-state index in [1.807, 2.05) is 26.0 Å². The largest absolute Gasteiger partial charge is 0.398 e. The highest BCUT2D eigenvalue weighted by Crippen LogP contribution is 2.37. The Morgan fingerprint density at radius 1 is 1.12 bits per heavy atom. The van der Waals surface area contributed by atoms with Crippen LogP contribution in [0.15, 0.2) is 35.3 Å². The Labute approximate surface area is 199 Å². The molecule has 0 aliphatic carbocycles. The first-order valence-electron chi connectivity index (χ1n) is 11.6. The van der Waals surface area contributed by atoms with Crippen molar-refractivity contribution in [2.45, 2.75) is 38.8 Å². The lowest BCUT2D eigenvalue weighted by molar-refractivity contribution is 0.249. The molecule has 0 saturated carbocycles. The van der Waals surface area contributed by atoms with E-state index >= 15 is 4.39 Å². The van der Waals surface area contributed by atoms with Gasteiger partial charge in [-0.1, -0.05) is 0 Å². The van der Waals surface area contributed by atoms with Crippen molar-refractivity contribution in [2.24, 2.45) is 7.05 Å². The van der Waals surface area contributed by atoms with E-state index in [-0.39, 0.29) is 23.2 Å². The van der Waals surface area contributed by atoms with Gasteiger partial charge >= 0.3 is 5.69 Å². The van der Waals surface area contributed by atoms with Crippen LogP contribution in [0.25, 0.3) is 22.4 Å². The molecule has 1 saturated heterocycles. The first-order chi connectivity index (χ1) is 16.1. The van der Waals surface area contributed by atoms with Gasteiger partial charge in [-0.2, -0.15) is 0 Å². The zero-order chi connectivity index (χ0) is 24.7. The molecule has 2 aromatic heterocycles. The van der Waals surface area contributed by atoms with Crippen molar-refractivity contribution in [3.8, 4) is 22.4 Å². The van der Waals surface area contributed by atoms with E-state index in [1.54, 1.807) is 23.9 Å². The third-order valence-corrected chi connectivity index (χ3v) is 6.83. The van der Waals surface area contributed by atoms with Crippen LogP contribution in [-0.4, -0.2) is 52.2 Å². The summed E-state index contributed by atoms with van der Waals surface area (Å²) < 4.78 is 18.0. The Hall–Kier alpha value is -3.33. The van der Waals surface area contributed by atoms with Gasteiger partial charge in [0.05, 0.1) is 5.69 Å². The monoisotopic (exact) mass is 467 g/mol. The molecule has 8 nitrogen and oxygen atoms in total. The standard InChI is InChI=1S/C25H34FN7O/c1-15(2)33-23(24(28)31(5)25(33)34)19-12-18(20(26)13-21(19)27)16-6-7-22(29-14-16)32-10-8-17(9-11-32)30(3)4/h6-7,12-15,17H,8-11,27-28H2,1-5H3. The van der Waals surface area contributed by atoms with Crippen molar-refractivity contribution < 1.29 is 4.39 Å². The second-order valence-electron chi connectivity index (χ2n) is 9.55. The third-order valence-electron chi connectivity index (χ3n) is 6.83. The quantitative estimate of drug-likeness (QED) is 0.559. The lowest BCUT2D eigenvalue weighted by Gasteiger charge is -2.35. The molecule has 0 unspecified atom stereocenters. The van der Waals surface area contributed by atoms with Crippen LogP contribution in [0, 0.1) is 5.82 Å². The number of pyridine rings is 1. The summed E-state index contributed by atoms with van der Waals surface area (Å²) in [6, 6.07) is 7.20. The number of rotatable bonds is 5. The van der Waals surface area contributed by atoms with Gasteiger partial charge in [0, 0.05) is 60.8 Å². The summed E-state index contributed by atoms with van der Waals surface area (Å²) in [7, 11) is 5.85. The first kappa shape index (κ1) is 23.8. The predicted octanol–water partition coefficient (Wildman–Crippen LogP) is 3.33. The molecular weight excluding hydrogens is 433 g/mol. The molecule has 0 bridgehead atoms. The van der Waals surface area contributed by atoms with Gasteiger partial charge in [0.15, 0.2) is 0 Å². The van der Waals surface area contributed by atoms with Crippen molar-refractivity contribution in [3.63, 3.8) is 0 Å². The fourth-order valence-corrected chi connectivity index (χ4v) is 4.75. The Bertz CT molecular complexity index is 1240. The number of benzene rings is 1. The molecule has 182 valence electrons. The maximum atomic E-state index is 15.0. The van der Waals surface area contributed by atoms with Crippen LogP contribution in [0.5, 0.6) is 0 Å². The number of hydrogen-bond donors (Lipinski definition) is 2. The van der Waals surface area contributed by atoms with Gasteiger partial charge in [0.25, 0.3) is 0 Å². The SMILES string of the molecule is CC(C)n1c(-c2cc(-c3ccc(N4CCC(N(C)C)CC4)nc3)c(F)cc2N)c(N)n(C)c1=O. The lowest BCUT2D eigenvalue weighted by Crippen LogP contribution is -2.42. The van der Waals surface area contributed by atoms with Crippen LogP contribution in [0.1, 0.15) is 32.7 Å². The molecule has 9 heteroatoms. The summed E-state index contributed by atoms with van der Waals surface area (Å²) in [5.74, 6) is 0.728. The Morgan fingerprint density at radius 3 is 2.35 bits per heavy atom. The number of aromatic nitrogens is 3. The number of nitrogens with two attached hydrogens (primary N) is 2. The molecule has 3 aromatic rings. The molecule has 3 heterocycles. The summed E-state index contributed by atoms with van der Waals surface area (Å²) in [6.07, 6.45) is 3.86.